The summed E-state index contributed by atoms with van der Waals surface area (Å²) < 4.78 is 42.4. The molecule has 0 saturated carbocycles. The number of amides is 2. The van der Waals surface area contributed by atoms with Crippen LogP contribution >= 0.6 is 0 Å². The molecular weight excluding hydrogens is 553 g/mol. The maximum atomic E-state index is 14.3. The standard InChI is InChI=1S/C33H34FN3O4S/c1-25(2)35-33(39)31(22-26-12-6-3-7-13-26)36(23-27-14-8-4-9-15-27)32(38)24-37(29-16-10-5-11-17-29)42(40,41)30-20-18-28(34)19-21-30/h3-21,25,31H,22-24H2,1-2H3,(H,35,39)/t31-/m1/s1. The first-order chi connectivity index (χ1) is 20.1. The van der Waals surface area contributed by atoms with Crippen LogP contribution in [0.2, 0.25) is 0 Å². The van der Waals surface area contributed by atoms with E-state index in [2.05, 4.69) is 5.32 Å². The molecule has 0 heterocycles. The van der Waals surface area contributed by atoms with Gasteiger partial charge in [0.1, 0.15) is 18.4 Å². The fraction of sp³-hybridized carbons (Fsp3) is 0.212. The topological polar surface area (TPSA) is 86.8 Å². The van der Waals surface area contributed by atoms with E-state index in [1.807, 2.05) is 74.5 Å². The van der Waals surface area contributed by atoms with E-state index in [1.165, 1.54) is 17.0 Å². The summed E-state index contributed by atoms with van der Waals surface area (Å²) in [5.74, 6) is -1.48. The molecule has 0 aliphatic rings. The van der Waals surface area contributed by atoms with Crippen LogP contribution < -0.4 is 9.62 Å². The van der Waals surface area contributed by atoms with Gasteiger partial charge in [0.05, 0.1) is 10.6 Å². The number of anilines is 1. The number of hydrogen-bond donors (Lipinski definition) is 1. The number of rotatable bonds is 12. The van der Waals surface area contributed by atoms with Crippen molar-refractivity contribution < 1.29 is 22.4 Å². The molecule has 4 aromatic carbocycles. The average Bonchev–Trinajstić information content (AvgIpc) is 2.99. The molecule has 0 saturated heterocycles. The van der Waals surface area contributed by atoms with Gasteiger partial charge >= 0.3 is 0 Å². The molecule has 0 radical (unpaired) electrons. The van der Waals surface area contributed by atoms with Gasteiger partial charge in [0.15, 0.2) is 0 Å². The fourth-order valence-electron chi connectivity index (χ4n) is 4.57. The number of para-hydroxylation sites is 1. The van der Waals surface area contributed by atoms with E-state index in [-0.39, 0.29) is 35.5 Å². The van der Waals surface area contributed by atoms with Crippen molar-refractivity contribution in [1.29, 1.82) is 0 Å². The van der Waals surface area contributed by atoms with E-state index < -0.39 is 34.3 Å². The van der Waals surface area contributed by atoms with Crippen molar-refractivity contribution >= 4 is 27.5 Å². The third-order valence-corrected chi connectivity index (χ3v) is 8.41. The number of sulfonamides is 1. The number of hydrogen-bond acceptors (Lipinski definition) is 4. The molecule has 0 fully saturated rings. The molecule has 2 amide bonds. The second kappa shape index (κ2) is 13.9. The summed E-state index contributed by atoms with van der Waals surface area (Å²) in [6.45, 7) is 3.19. The summed E-state index contributed by atoms with van der Waals surface area (Å²) in [7, 11) is -4.28. The van der Waals surface area contributed by atoms with Crippen LogP contribution in [-0.2, 0) is 32.6 Å². The Morgan fingerprint density at radius 1 is 0.762 bits per heavy atom. The first kappa shape index (κ1) is 30.5. The lowest BCUT2D eigenvalue weighted by Crippen LogP contribution is -2.54. The fourth-order valence-corrected chi connectivity index (χ4v) is 5.99. The Bertz CT molecular complexity index is 1570. The van der Waals surface area contributed by atoms with Crippen molar-refractivity contribution in [2.24, 2.45) is 0 Å². The molecule has 7 nitrogen and oxygen atoms in total. The Hall–Kier alpha value is -4.50. The first-order valence-corrected chi connectivity index (χ1v) is 15.1. The maximum Gasteiger partial charge on any atom is 0.264 e. The third kappa shape index (κ3) is 7.82. The molecule has 0 bridgehead atoms. The summed E-state index contributed by atoms with van der Waals surface area (Å²) in [5, 5.41) is 2.93. The molecule has 0 aromatic heterocycles. The van der Waals surface area contributed by atoms with Gasteiger partial charge in [0.2, 0.25) is 11.8 Å². The van der Waals surface area contributed by atoms with Crippen LogP contribution in [0.15, 0.2) is 120 Å². The van der Waals surface area contributed by atoms with Gasteiger partial charge in [-0.05, 0) is 61.4 Å². The lowest BCUT2D eigenvalue weighted by molar-refractivity contribution is -0.140. The Kier molecular flexibility index (Phi) is 10.1. The second-order valence-electron chi connectivity index (χ2n) is 10.2. The average molecular weight is 588 g/mol. The highest BCUT2D eigenvalue weighted by atomic mass is 32.2. The molecule has 218 valence electrons. The molecular formula is C33H34FN3O4S. The third-order valence-electron chi connectivity index (χ3n) is 6.62. The number of nitrogens with one attached hydrogen (secondary N) is 1. The summed E-state index contributed by atoms with van der Waals surface area (Å²) in [4.78, 5) is 29.2. The summed E-state index contributed by atoms with van der Waals surface area (Å²) in [6.07, 6.45) is 0.230. The molecule has 0 unspecified atom stereocenters. The van der Waals surface area contributed by atoms with E-state index in [1.54, 1.807) is 30.3 Å². The van der Waals surface area contributed by atoms with Crippen LogP contribution in [0, 0.1) is 5.82 Å². The summed E-state index contributed by atoms with van der Waals surface area (Å²) in [5.41, 5.74) is 1.90. The largest absolute Gasteiger partial charge is 0.352 e. The van der Waals surface area contributed by atoms with Gasteiger partial charge in [-0.1, -0.05) is 78.9 Å². The minimum atomic E-state index is -4.28. The number of benzene rings is 4. The van der Waals surface area contributed by atoms with E-state index in [4.69, 9.17) is 0 Å². The predicted octanol–water partition coefficient (Wildman–Crippen LogP) is 5.19. The van der Waals surface area contributed by atoms with Crippen LogP contribution in [0.25, 0.3) is 0 Å². The van der Waals surface area contributed by atoms with Gasteiger partial charge in [-0.2, -0.15) is 0 Å². The van der Waals surface area contributed by atoms with Gasteiger partial charge in [0.25, 0.3) is 10.0 Å². The summed E-state index contributed by atoms with van der Waals surface area (Å²) >= 11 is 0. The van der Waals surface area contributed by atoms with Crippen molar-refractivity contribution in [3.8, 4) is 0 Å². The molecule has 4 rings (SSSR count). The smallest absolute Gasteiger partial charge is 0.264 e. The molecule has 0 aliphatic heterocycles. The lowest BCUT2D eigenvalue weighted by atomic mass is 10.0. The molecule has 0 aliphatic carbocycles. The monoisotopic (exact) mass is 587 g/mol. The number of halogens is 1. The van der Waals surface area contributed by atoms with E-state index in [0.29, 0.717) is 0 Å². The molecule has 0 spiro atoms. The van der Waals surface area contributed by atoms with Crippen LogP contribution in [0.3, 0.4) is 0 Å². The molecule has 1 atom stereocenters. The zero-order chi connectivity index (χ0) is 30.1. The minimum absolute atomic E-state index is 0.0852. The SMILES string of the molecule is CC(C)NC(=O)[C@@H](Cc1ccccc1)N(Cc1ccccc1)C(=O)CN(c1ccccc1)S(=O)(=O)c1ccc(F)cc1. The quantitative estimate of drug-likeness (QED) is 0.247. The van der Waals surface area contributed by atoms with Gasteiger partial charge in [-0.3, -0.25) is 13.9 Å². The predicted molar refractivity (Wildman–Crippen MR) is 162 cm³/mol. The maximum absolute atomic E-state index is 14.3. The Balaban J connectivity index is 1.77. The molecule has 42 heavy (non-hydrogen) atoms. The highest BCUT2D eigenvalue weighted by molar-refractivity contribution is 7.92. The van der Waals surface area contributed by atoms with Crippen LogP contribution in [0.1, 0.15) is 25.0 Å². The van der Waals surface area contributed by atoms with Gasteiger partial charge in [-0.15, -0.1) is 0 Å². The number of carbonyl (C=O) groups is 2. The molecule has 9 heteroatoms. The zero-order valence-corrected chi connectivity index (χ0v) is 24.4. The Morgan fingerprint density at radius 3 is 1.83 bits per heavy atom. The van der Waals surface area contributed by atoms with Crippen LogP contribution in [0.4, 0.5) is 10.1 Å². The van der Waals surface area contributed by atoms with Crippen LogP contribution in [-0.4, -0.2) is 43.8 Å². The Morgan fingerprint density at radius 2 is 1.29 bits per heavy atom. The van der Waals surface area contributed by atoms with Crippen LogP contribution in [0.5, 0.6) is 0 Å². The highest BCUT2D eigenvalue weighted by Gasteiger charge is 2.34. The minimum Gasteiger partial charge on any atom is -0.352 e. The second-order valence-corrected chi connectivity index (χ2v) is 12.0. The summed E-state index contributed by atoms with van der Waals surface area (Å²) in [6, 6.07) is 30.2. The van der Waals surface area contributed by atoms with Gasteiger partial charge in [0, 0.05) is 19.0 Å². The first-order valence-electron chi connectivity index (χ1n) is 13.7. The van der Waals surface area contributed by atoms with Crippen molar-refractivity contribution in [1.82, 2.24) is 10.2 Å². The van der Waals surface area contributed by atoms with Gasteiger partial charge in [-0.25, -0.2) is 12.8 Å². The normalized spacial score (nSPS) is 12.0. The molecule has 1 N–H and O–H groups in total. The molecule has 4 aromatic rings. The van der Waals surface area contributed by atoms with Crippen molar-refractivity contribution in [3.63, 3.8) is 0 Å². The van der Waals surface area contributed by atoms with E-state index >= 15 is 0 Å². The number of carbonyl (C=O) groups excluding carboxylic acids is 2. The highest BCUT2D eigenvalue weighted by Crippen LogP contribution is 2.25. The van der Waals surface area contributed by atoms with Crippen molar-refractivity contribution in [2.45, 2.75) is 43.8 Å². The van der Waals surface area contributed by atoms with E-state index in [0.717, 1.165) is 27.6 Å². The Labute approximate surface area is 246 Å². The van der Waals surface area contributed by atoms with Gasteiger partial charge < -0.3 is 10.2 Å². The van der Waals surface area contributed by atoms with E-state index in [9.17, 15) is 22.4 Å². The number of nitrogens with zero attached hydrogens (tertiary/aromatic N) is 2. The van der Waals surface area contributed by atoms with Crippen molar-refractivity contribution in [3.05, 3.63) is 132 Å². The lowest BCUT2D eigenvalue weighted by Gasteiger charge is -2.34. The van der Waals surface area contributed by atoms with Crippen molar-refractivity contribution in [2.75, 3.05) is 10.8 Å². The zero-order valence-electron chi connectivity index (χ0n) is 23.6.